The smallest absolute Gasteiger partial charge is 0.185 e. The normalized spacial score (nSPS) is 16.3. The summed E-state index contributed by atoms with van der Waals surface area (Å²) in [5.74, 6) is 0.378. The highest BCUT2D eigenvalue weighted by atomic mass is 15.2. The third-order valence-electron chi connectivity index (χ3n) is 4.67. The molecular formula is C20H21N3. The standard InChI is InChI=1S/C20H21N3/c1-15-7-2-3-9-17(15)13-20(22)23(14-21)19-12-6-10-16-8-4-5-11-18(16)19/h2-5,7-9,11,19,22H,6,10,12-13H2,1H3/t19-/m1/s1. The summed E-state index contributed by atoms with van der Waals surface area (Å²) in [7, 11) is 0. The maximum Gasteiger partial charge on any atom is 0.185 e. The van der Waals surface area contributed by atoms with Crippen LogP contribution in [0.15, 0.2) is 48.5 Å². The number of nitriles is 1. The molecule has 0 bridgehead atoms. The molecule has 3 nitrogen and oxygen atoms in total. The van der Waals surface area contributed by atoms with Gasteiger partial charge in [0.2, 0.25) is 0 Å². The van der Waals surface area contributed by atoms with Crippen molar-refractivity contribution in [2.24, 2.45) is 0 Å². The minimum atomic E-state index is 0.00136. The van der Waals surface area contributed by atoms with E-state index in [4.69, 9.17) is 5.41 Å². The number of fused-ring (bicyclic) bond motifs is 1. The summed E-state index contributed by atoms with van der Waals surface area (Å²) < 4.78 is 0. The van der Waals surface area contributed by atoms with Gasteiger partial charge in [-0.25, -0.2) is 0 Å². The Morgan fingerprint density at radius 2 is 1.96 bits per heavy atom. The summed E-state index contributed by atoms with van der Waals surface area (Å²) in [4.78, 5) is 1.60. The topological polar surface area (TPSA) is 50.9 Å². The average Bonchev–Trinajstić information content (AvgIpc) is 2.58. The Morgan fingerprint density at radius 3 is 2.74 bits per heavy atom. The molecule has 1 N–H and O–H groups in total. The monoisotopic (exact) mass is 303 g/mol. The highest BCUT2D eigenvalue weighted by Crippen LogP contribution is 2.34. The molecule has 0 spiro atoms. The van der Waals surface area contributed by atoms with Crippen LogP contribution in [-0.2, 0) is 12.8 Å². The van der Waals surface area contributed by atoms with Crippen LogP contribution in [0.1, 0.15) is 41.1 Å². The first-order valence-electron chi connectivity index (χ1n) is 8.09. The van der Waals surface area contributed by atoms with Gasteiger partial charge in [0.1, 0.15) is 5.84 Å². The lowest BCUT2D eigenvalue weighted by Crippen LogP contribution is -2.33. The lowest BCUT2D eigenvalue weighted by atomic mass is 9.86. The van der Waals surface area contributed by atoms with Crippen LogP contribution in [0.3, 0.4) is 0 Å². The van der Waals surface area contributed by atoms with Gasteiger partial charge in [-0.3, -0.25) is 10.3 Å². The summed E-state index contributed by atoms with van der Waals surface area (Å²) >= 11 is 0. The number of nitrogens with zero attached hydrogens (tertiary/aromatic N) is 2. The number of hydrogen-bond acceptors (Lipinski definition) is 2. The van der Waals surface area contributed by atoms with Gasteiger partial charge in [0.25, 0.3) is 0 Å². The fraction of sp³-hybridized carbons (Fsp3) is 0.300. The molecule has 3 heteroatoms. The van der Waals surface area contributed by atoms with Gasteiger partial charge in [0.05, 0.1) is 6.04 Å². The van der Waals surface area contributed by atoms with E-state index >= 15 is 0 Å². The Morgan fingerprint density at radius 1 is 1.22 bits per heavy atom. The molecule has 1 atom stereocenters. The number of amidine groups is 1. The van der Waals surface area contributed by atoms with Gasteiger partial charge < -0.3 is 0 Å². The lowest BCUT2D eigenvalue weighted by molar-refractivity contribution is 0.367. The molecule has 0 heterocycles. The molecule has 0 saturated carbocycles. The van der Waals surface area contributed by atoms with Crippen LogP contribution in [0.4, 0.5) is 0 Å². The van der Waals surface area contributed by atoms with Crippen molar-refractivity contribution in [3.8, 4) is 6.19 Å². The third-order valence-corrected chi connectivity index (χ3v) is 4.67. The van der Waals surface area contributed by atoms with Gasteiger partial charge in [0, 0.05) is 6.42 Å². The van der Waals surface area contributed by atoms with Gasteiger partial charge in [0.15, 0.2) is 6.19 Å². The zero-order chi connectivity index (χ0) is 16.2. The van der Waals surface area contributed by atoms with E-state index in [1.807, 2.05) is 24.3 Å². The SMILES string of the molecule is Cc1ccccc1CC(=N)N(C#N)[C@@H]1CCCc2ccccc21. The molecule has 0 saturated heterocycles. The number of benzene rings is 2. The fourth-order valence-electron chi connectivity index (χ4n) is 3.39. The molecule has 0 radical (unpaired) electrons. The van der Waals surface area contributed by atoms with Crippen molar-refractivity contribution in [1.29, 1.82) is 10.7 Å². The Hall–Kier alpha value is -2.60. The van der Waals surface area contributed by atoms with E-state index < -0.39 is 0 Å². The summed E-state index contributed by atoms with van der Waals surface area (Å²) in [6.07, 6.45) is 5.82. The van der Waals surface area contributed by atoms with Gasteiger partial charge in [-0.05, 0) is 48.4 Å². The van der Waals surface area contributed by atoms with E-state index in [0.29, 0.717) is 12.3 Å². The highest BCUT2D eigenvalue weighted by molar-refractivity contribution is 5.83. The van der Waals surface area contributed by atoms with Crippen LogP contribution in [0.2, 0.25) is 0 Å². The van der Waals surface area contributed by atoms with E-state index in [2.05, 4.69) is 37.4 Å². The van der Waals surface area contributed by atoms with Gasteiger partial charge in [-0.1, -0.05) is 48.5 Å². The van der Waals surface area contributed by atoms with Crippen molar-refractivity contribution >= 4 is 5.84 Å². The largest absolute Gasteiger partial charge is 0.287 e. The molecule has 1 aliphatic carbocycles. The molecule has 116 valence electrons. The first-order chi connectivity index (χ1) is 11.2. The second kappa shape index (κ2) is 6.66. The van der Waals surface area contributed by atoms with E-state index in [-0.39, 0.29) is 6.04 Å². The minimum absolute atomic E-state index is 0.00136. The Balaban J connectivity index is 1.85. The van der Waals surface area contributed by atoms with Gasteiger partial charge in [-0.15, -0.1) is 0 Å². The summed E-state index contributed by atoms with van der Waals surface area (Å²) in [5, 5.41) is 18.1. The second-order valence-corrected chi connectivity index (χ2v) is 6.13. The van der Waals surface area contributed by atoms with E-state index in [1.54, 1.807) is 4.90 Å². The molecule has 2 aromatic rings. The van der Waals surface area contributed by atoms with Crippen LogP contribution < -0.4 is 0 Å². The molecule has 0 aromatic heterocycles. The minimum Gasteiger partial charge on any atom is -0.287 e. The molecular weight excluding hydrogens is 282 g/mol. The molecule has 0 unspecified atom stereocenters. The quantitative estimate of drug-likeness (QED) is 0.396. The average molecular weight is 303 g/mol. The van der Waals surface area contributed by atoms with Crippen molar-refractivity contribution in [2.45, 2.75) is 38.6 Å². The Labute approximate surface area is 137 Å². The zero-order valence-corrected chi connectivity index (χ0v) is 13.4. The third kappa shape index (κ3) is 3.12. The van der Waals surface area contributed by atoms with Gasteiger partial charge in [-0.2, -0.15) is 5.26 Å². The van der Waals surface area contributed by atoms with Crippen molar-refractivity contribution in [3.63, 3.8) is 0 Å². The second-order valence-electron chi connectivity index (χ2n) is 6.13. The fourth-order valence-corrected chi connectivity index (χ4v) is 3.39. The Kier molecular flexibility index (Phi) is 4.43. The van der Waals surface area contributed by atoms with Crippen LogP contribution in [0.25, 0.3) is 0 Å². The first kappa shape index (κ1) is 15.3. The number of nitrogens with one attached hydrogen (secondary N) is 1. The van der Waals surface area contributed by atoms with Crippen LogP contribution in [-0.4, -0.2) is 10.7 Å². The van der Waals surface area contributed by atoms with E-state index in [9.17, 15) is 5.26 Å². The molecule has 3 rings (SSSR count). The van der Waals surface area contributed by atoms with Crippen molar-refractivity contribution in [2.75, 3.05) is 0 Å². The predicted molar refractivity (Wildman–Crippen MR) is 92.2 cm³/mol. The number of aryl methyl sites for hydroxylation is 2. The molecule has 0 aliphatic heterocycles. The molecule has 1 aliphatic rings. The molecule has 2 aromatic carbocycles. The van der Waals surface area contributed by atoms with Crippen LogP contribution in [0, 0.1) is 23.8 Å². The predicted octanol–water partition coefficient (Wildman–Crippen LogP) is 4.38. The Bertz CT molecular complexity index is 757. The first-order valence-corrected chi connectivity index (χ1v) is 8.09. The maximum absolute atomic E-state index is 9.66. The van der Waals surface area contributed by atoms with E-state index in [1.165, 1.54) is 16.7 Å². The highest BCUT2D eigenvalue weighted by Gasteiger charge is 2.27. The van der Waals surface area contributed by atoms with Crippen molar-refractivity contribution < 1.29 is 0 Å². The summed E-state index contributed by atoms with van der Waals surface area (Å²) in [5.41, 5.74) is 4.79. The van der Waals surface area contributed by atoms with Crippen molar-refractivity contribution in [3.05, 3.63) is 70.8 Å². The number of rotatable bonds is 3. The van der Waals surface area contributed by atoms with Crippen LogP contribution >= 0.6 is 0 Å². The molecule has 23 heavy (non-hydrogen) atoms. The van der Waals surface area contributed by atoms with E-state index in [0.717, 1.165) is 24.8 Å². The summed E-state index contributed by atoms with van der Waals surface area (Å²) in [6, 6.07) is 16.4. The zero-order valence-electron chi connectivity index (χ0n) is 13.4. The lowest BCUT2D eigenvalue weighted by Gasteiger charge is -2.32. The number of hydrogen-bond donors (Lipinski definition) is 1. The summed E-state index contributed by atoms with van der Waals surface area (Å²) in [6.45, 7) is 2.05. The molecule has 0 amide bonds. The van der Waals surface area contributed by atoms with Crippen LogP contribution in [0.5, 0.6) is 0 Å². The van der Waals surface area contributed by atoms with Crippen molar-refractivity contribution in [1.82, 2.24) is 4.90 Å². The van der Waals surface area contributed by atoms with Gasteiger partial charge >= 0.3 is 0 Å². The molecule has 0 fully saturated rings. The maximum atomic E-state index is 9.66.